The van der Waals surface area contributed by atoms with E-state index in [1.165, 1.54) is 12.1 Å². The minimum Gasteiger partial charge on any atom is -0.336 e. The first kappa shape index (κ1) is 13.9. The first-order valence-corrected chi connectivity index (χ1v) is 7.33. The Morgan fingerprint density at radius 1 is 1.22 bits per heavy atom. The molecule has 0 bridgehead atoms. The fourth-order valence-corrected chi connectivity index (χ4v) is 2.65. The van der Waals surface area contributed by atoms with Gasteiger partial charge in [0.15, 0.2) is 0 Å². The van der Waals surface area contributed by atoms with E-state index in [0.717, 1.165) is 26.2 Å². The molecule has 2 aromatic heterocycles. The average Bonchev–Trinajstić information content (AvgIpc) is 3.05. The van der Waals surface area contributed by atoms with E-state index in [-0.39, 0.29) is 11.5 Å². The van der Waals surface area contributed by atoms with Gasteiger partial charge in [-0.3, -0.25) is 4.79 Å². The molecule has 118 valence electrons. The van der Waals surface area contributed by atoms with Gasteiger partial charge in [-0.25, -0.2) is 4.39 Å². The molecule has 2 N–H and O–H groups in total. The van der Waals surface area contributed by atoms with Crippen molar-refractivity contribution in [2.75, 3.05) is 31.1 Å². The molecule has 1 aliphatic rings. The lowest BCUT2D eigenvalue weighted by atomic mass is 10.1. The third-order valence-electron chi connectivity index (χ3n) is 3.85. The summed E-state index contributed by atoms with van der Waals surface area (Å²) in [7, 11) is 0. The summed E-state index contributed by atoms with van der Waals surface area (Å²) in [6, 6.07) is 5.84. The van der Waals surface area contributed by atoms with Crippen LogP contribution in [0.15, 0.2) is 33.6 Å². The first-order chi connectivity index (χ1) is 11.2. The minimum absolute atomic E-state index is 0.158. The second kappa shape index (κ2) is 5.47. The summed E-state index contributed by atoms with van der Waals surface area (Å²) in [5.74, 6) is 0.228. The molecule has 23 heavy (non-hydrogen) atoms. The van der Waals surface area contributed by atoms with Crippen LogP contribution in [-0.2, 0) is 0 Å². The zero-order valence-electron chi connectivity index (χ0n) is 12.2. The lowest BCUT2D eigenvalue weighted by Gasteiger charge is -2.25. The van der Waals surface area contributed by atoms with Crippen LogP contribution in [0.25, 0.3) is 22.4 Å². The lowest BCUT2D eigenvalue weighted by Crippen LogP contribution is -2.44. The predicted molar refractivity (Wildman–Crippen MR) is 82.9 cm³/mol. The molecule has 1 aromatic carbocycles. The monoisotopic (exact) mass is 315 g/mol. The number of hydrogen-bond donors (Lipinski definition) is 2. The largest absolute Gasteiger partial charge is 0.336 e. The molecule has 1 aliphatic heterocycles. The van der Waals surface area contributed by atoms with Gasteiger partial charge in [0.1, 0.15) is 11.4 Å². The summed E-state index contributed by atoms with van der Waals surface area (Å²) >= 11 is 0. The van der Waals surface area contributed by atoms with Crippen LogP contribution < -0.4 is 15.8 Å². The number of aromatic amines is 1. The molecule has 3 heterocycles. The molecular weight excluding hydrogens is 301 g/mol. The van der Waals surface area contributed by atoms with Crippen molar-refractivity contribution in [3.8, 4) is 11.5 Å². The van der Waals surface area contributed by atoms with E-state index < -0.39 is 11.4 Å². The van der Waals surface area contributed by atoms with Crippen LogP contribution in [0.3, 0.4) is 0 Å². The first-order valence-electron chi connectivity index (χ1n) is 7.33. The summed E-state index contributed by atoms with van der Waals surface area (Å²) in [6.45, 7) is 3.27. The zero-order valence-corrected chi connectivity index (χ0v) is 12.2. The van der Waals surface area contributed by atoms with Crippen molar-refractivity contribution in [3.63, 3.8) is 0 Å². The smallest absolute Gasteiger partial charge is 0.266 e. The molecule has 0 saturated carbocycles. The van der Waals surface area contributed by atoms with Crippen LogP contribution in [0.5, 0.6) is 0 Å². The van der Waals surface area contributed by atoms with Crippen molar-refractivity contribution in [2.45, 2.75) is 0 Å². The molecule has 1 fully saturated rings. The van der Waals surface area contributed by atoms with Crippen molar-refractivity contribution in [2.24, 2.45) is 0 Å². The third-order valence-corrected chi connectivity index (χ3v) is 3.85. The van der Waals surface area contributed by atoms with Crippen molar-refractivity contribution in [1.82, 2.24) is 20.4 Å². The fourth-order valence-electron chi connectivity index (χ4n) is 2.65. The highest BCUT2D eigenvalue weighted by atomic mass is 19.1. The number of halogens is 1. The Balaban J connectivity index is 1.74. The Kier molecular flexibility index (Phi) is 3.30. The van der Waals surface area contributed by atoms with Gasteiger partial charge in [0.25, 0.3) is 17.4 Å². The van der Waals surface area contributed by atoms with Gasteiger partial charge >= 0.3 is 0 Å². The van der Waals surface area contributed by atoms with E-state index in [1.807, 2.05) is 4.90 Å². The summed E-state index contributed by atoms with van der Waals surface area (Å²) in [4.78, 5) is 21.2. The van der Waals surface area contributed by atoms with E-state index >= 15 is 0 Å². The van der Waals surface area contributed by atoms with Gasteiger partial charge < -0.3 is 19.7 Å². The highest BCUT2D eigenvalue weighted by Crippen LogP contribution is 2.21. The van der Waals surface area contributed by atoms with Crippen LogP contribution in [-0.4, -0.2) is 41.3 Å². The highest BCUT2D eigenvalue weighted by Gasteiger charge is 2.19. The van der Waals surface area contributed by atoms with Crippen LogP contribution in [0.4, 0.5) is 10.3 Å². The molecule has 0 aliphatic carbocycles. The van der Waals surface area contributed by atoms with Crippen LogP contribution in [0.1, 0.15) is 0 Å². The van der Waals surface area contributed by atoms with Gasteiger partial charge in [-0.05, 0) is 34.8 Å². The topological polar surface area (TPSA) is 87.0 Å². The van der Waals surface area contributed by atoms with Crippen molar-refractivity contribution < 1.29 is 8.91 Å². The van der Waals surface area contributed by atoms with Gasteiger partial charge in [0.2, 0.25) is 0 Å². The minimum atomic E-state index is -0.403. The number of piperazine rings is 1. The predicted octanol–water partition coefficient (Wildman–Crippen LogP) is 1.13. The van der Waals surface area contributed by atoms with E-state index in [0.29, 0.717) is 16.9 Å². The number of H-pyrrole nitrogens is 1. The van der Waals surface area contributed by atoms with Crippen LogP contribution in [0.2, 0.25) is 0 Å². The number of fused-ring (bicyclic) bond motifs is 1. The Hall–Kier alpha value is -2.74. The zero-order chi connectivity index (χ0) is 15.8. The number of pyridine rings is 1. The maximum absolute atomic E-state index is 13.2. The molecular formula is C15H14FN5O2. The van der Waals surface area contributed by atoms with E-state index in [4.69, 9.17) is 4.52 Å². The highest BCUT2D eigenvalue weighted by molar-refractivity contribution is 5.82. The number of rotatable bonds is 2. The number of aromatic nitrogens is 3. The standard InChI is InChI=1S/C15H14FN5O2/c16-10-2-1-9-7-11(13(22)18-12(9)8-10)14-19-15(20-23-14)21-5-3-17-4-6-21/h1-2,7-8,17H,3-6H2,(H,18,22). The SMILES string of the molecule is O=c1[nH]c2cc(F)ccc2cc1-c1nc(N2CCNCC2)no1. The fraction of sp³-hybridized carbons (Fsp3) is 0.267. The molecule has 0 radical (unpaired) electrons. The number of anilines is 1. The Bertz CT molecular complexity index is 914. The summed E-state index contributed by atoms with van der Waals surface area (Å²) in [5, 5.41) is 7.89. The molecule has 0 unspecified atom stereocenters. The van der Waals surface area contributed by atoms with Gasteiger partial charge in [-0.1, -0.05) is 0 Å². The Labute approximate surface area is 130 Å². The average molecular weight is 315 g/mol. The van der Waals surface area contributed by atoms with E-state index in [2.05, 4.69) is 20.4 Å². The van der Waals surface area contributed by atoms with Crippen LogP contribution >= 0.6 is 0 Å². The molecule has 0 spiro atoms. The number of benzene rings is 1. The van der Waals surface area contributed by atoms with Crippen LogP contribution in [0, 0.1) is 5.82 Å². The number of hydrogen-bond acceptors (Lipinski definition) is 6. The summed E-state index contributed by atoms with van der Waals surface area (Å²) < 4.78 is 18.5. The second-order valence-corrected chi connectivity index (χ2v) is 5.38. The van der Waals surface area contributed by atoms with E-state index in [9.17, 15) is 9.18 Å². The second-order valence-electron chi connectivity index (χ2n) is 5.38. The quantitative estimate of drug-likeness (QED) is 0.737. The Morgan fingerprint density at radius 2 is 2.04 bits per heavy atom. The normalized spacial score (nSPS) is 15.3. The van der Waals surface area contributed by atoms with Crippen molar-refractivity contribution in [3.05, 3.63) is 40.4 Å². The molecule has 0 amide bonds. The van der Waals surface area contributed by atoms with Gasteiger partial charge in [0, 0.05) is 26.2 Å². The Morgan fingerprint density at radius 3 is 2.87 bits per heavy atom. The van der Waals surface area contributed by atoms with Gasteiger partial charge in [-0.2, -0.15) is 4.98 Å². The van der Waals surface area contributed by atoms with E-state index in [1.54, 1.807) is 12.1 Å². The lowest BCUT2D eigenvalue weighted by molar-refractivity contribution is 0.426. The third kappa shape index (κ3) is 2.57. The molecule has 7 nitrogen and oxygen atoms in total. The maximum Gasteiger partial charge on any atom is 0.266 e. The van der Waals surface area contributed by atoms with Gasteiger partial charge in [-0.15, -0.1) is 0 Å². The molecule has 0 atom stereocenters. The summed E-state index contributed by atoms with van der Waals surface area (Å²) in [5.41, 5.74) is 0.317. The molecule has 4 rings (SSSR count). The van der Waals surface area contributed by atoms with Gasteiger partial charge in [0.05, 0.1) is 5.52 Å². The van der Waals surface area contributed by atoms with Crippen molar-refractivity contribution >= 4 is 16.9 Å². The molecule has 3 aromatic rings. The number of nitrogens with zero attached hydrogens (tertiary/aromatic N) is 3. The maximum atomic E-state index is 13.2. The molecule has 1 saturated heterocycles. The molecule has 8 heteroatoms. The van der Waals surface area contributed by atoms with Crippen molar-refractivity contribution in [1.29, 1.82) is 0 Å². The number of nitrogens with one attached hydrogen (secondary N) is 2. The summed E-state index contributed by atoms with van der Waals surface area (Å²) in [6.07, 6.45) is 0.